The second-order valence-corrected chi connectivity index (χ2v) is 3.59. The Morgan fingerprint density at radius 2 is 1.50 bits per heavy atom. The maximum atomic E-state index is 2.42. The minimum absolute atomic E-state index is 0.583. The van der Waals surface area contributed by atoms with E-state index in [4.69, 9.17) is 0 Å². The molecule has 1 radical (unpaired) electrons. The molecule has 0 heteroatoms. The van der Waals surface area contributed by atoms with Crippen LogP contribution in [0.2, 0.25) is 0 Å². The van der Waals surface area contributed by atoms with Crippen molar-refractivity contribution in [2.24, 2.45) is 17.3 Å². The summed E-state index contributed by atoms with van der Waals surface area (Å²) in [6.07, 6.45) is 2.42. The third-order valence-corrected chi connectivity index (χ3v) is 2.92. The Balaban J connectivity index is 2.52. The lowest BCUT2D eigenvalue weighted by Crippen LogP contribution is -2.41. The van der Waals surface area contributed by atoms with Gasteiger partial charge in [-0.2, -0.15) is 0 Å². The van der Waals surface area contributed by atoms with Crippen LogP contribution in [0.25, 0.3) is 0 Å². The smallest absolute Gasteiger partial charge is 0.0297 e. The van der Waals surface area contributed by atoms with Gasteiger partial charge in [-0.1, -0.05) is 27.7 Å². The lowest BCUT2D eigenvalue weighted by molar-refractivity contribution is 0.0809. The summed E-state index contributed by atoms with van der Waals surface area (Å²) in [5.74, 6) is 1.66. The van der Waals surface area contributed by atoms with Gasteiger partial charge in [0.2, 0.25) is 0 Å². The second kappa shape index (κ2) is 1.49. The first-order valence-corrected chi connectivity index (χ1v) is 3.40. The number of hydrogen-bond donors (Lipinski definition) is 0. The second-order valence-electron chi connectivity index (χ2n) is 3.59. The first kappa shape index (κ1) is 6.12. The SMILES string of the molecule is CC1[CH]C(C)C1(C)C. The van der Waals surface area contributed by atoms with Gasteiger partial charge in [0, 0.05) is 0 Å². The van der Waals surface area contributed by atoms with Crippen LogP contribution in [-0.4, -0.2) is 0 Å². The van der Waals surface area contributed by atoms with Crippen molar-refractivity contribution in [2.45, 2.75) is 27.7 Å². The molecule has 0 bridgehead atoms. The standard InChI is InChI=1S/C8H15/c1-6-5-7(2)8(6,3)4/h5-7H,1-4H3. The minimum Gasteiger partial charge on any atom is -0.0617 e. The van der Waals surface area contributed by atoms with Gasteiger partial charge in [-0.15, -0.1) is 0 Å². The Bertz CT molecular complexity index is 82.2. The Labute approximate surface area is 52.3 Å². The van der Waals surface area contributed by atoms with Crippen molar-refractivity contribution in [3.8, 4) is 0 Å². The Hall–Kier alpha value is 0. The highest BCUT2D eigenvalue weighted by atomic mass is 14.5. The van der Waals surface area contributed by atoms with Crippen molar-refractivity contribution in [1.29, 1.82) is 0 Å². The first-order chi connectivity index (χ1) is 3.55. The molecule has 1 rings (SSSR count). The highest BCUT2D eigenvalue weighted by molar-refractivity contribution is 5.04. The van der Waals surface area contributed by atoms with Crippen LogP contribution in [0, 0.1) is 23.7 Å². The largest absolute Gasteiger partial charge is 0.0617 e. The molecule has 8 heavy (non-hydrogen) atoms. The van der Waals surface area contributed by atoms with Crippen molar-refractivity contribution in [3.05, 3.63) is 6.42 Å². The molecule has 0 amide bonds. The average molecular weight is 111 g/mol. The Morgan fingerprint density at radius 3 is 1.50 bits per heavy atom. The van der Waals surface area contributed by atoms with E-state index in [0.717, 1.165) is 11.8 Å². The van der Waals surface area contributed by atoms with E-state index >= 15 is 0 Å². The van der Waals surface area contributed by atoms with E-state index in [-0.39, 0.29) is 0 Å². The Kier molecular flexibility index (Phi) is 1.14. The summed E-state index contributed by atoms with van der Waals surface area (Å²) in [7, 11) is 0. The molecule has 2 unspecified atom stereocenters. The van der Waals surface area contributed by atoms with Gasteiger partial charge in [-0.3, -0.25) is 0 Å². The van der Waals surface area contributed by atoms with Gasteiger partial charge in [0.05, 0.1) is 0 Å². The molecule has 0 spiro atoms. The van der Waals surface area contributed by atoms with Crippen LogP contribution in [-0.2, 0) is 0 Å². The van der Waals surface area contributed by atoms with E-state index in [1.807, 2.05) is 0 Å². The van der Waals surface area contributed by atoms with E-state index < -0.39 is 0 Å². The fourth-order valence-corrected chi connectivity index (χ4v) is 1.23. The van der Waals surface area contributed by atoms with Gasteiger partial charge >= 0.3 is 0 Å². The van der Waals surface area contributed by atoms with Crippen LogP contribution in [0.1, 0.15) is 27.7 Å². The summed E-state index contributed by atoms with van der Waals surface area (Å²) in [6.45, 7) is 9.25. The van der Waals surface area contributed by atoms with E-state index in [9.17, 15) is 0 Å². The van der Waals surface area contributed by atoms with Gasteiger partial charge in [-0.05, 0) is 23.7 Å². The summed E-state index contributed by atoms with van der Waals surface area (Å²) >= 11 is 0. The van der Waals surface area contributed by atoms with Crippen LogP contribution in [0.4, 0.5) is 0 Å². The van der Waals surface area contributed by atoms with Crippen molar-refractivity contribution in [2.75, 3.05) is 0 Å². The predicted molar refractivity (Wildman–Crippen MR) is 36.4 cm³/mol. The molecule has 1 aliphatic rings. The third-order valence-electron chi connectivity index (χ3n) is 2.92. The first-order valence-electron chi connectivity index (χ1n) is 3.40. The van der Waals surface area contributed by atoms with Crippen molar-refractivity contribution < 1.29 is 0 Å². The fourth-order valence-electron chi connectivity index (χ4n) is 1.23. The van der Waals surface area contributed by atoms with Gasteiger partial charge < -0.3 is 0 Å². The van der Waals surface area contributed by atoms with Crippen LogP contribution in [0.5, 0.6) is 0 Å². The van der Waals surface area contributed by atoms with Crippen LogP contribution >= 0.6 is 0 Å². The Morgan fingerprint density at radius 1 is 1.12 bits per heavy atom. The lowest BCUT2D eigenvalue weighted by Gasteiger charge is -2.49. The highest BCUT2D eigenvalue weighted by Gasteiger charge is 2.42. The maximum Gasteiger partial charge on any atom is -0.0297 e. The van der Waals surface area contributed by atoms with E-state index in [2.05, 4.69) is 34.1 Å². The van der Waals surface area contributed by atoms with Gasteiger partial charge in [-0.25, -0.2) is 0 Å². The normalized spacial score (nSPS) is 43.5. The zero-order valence-corrected chi connectivity index (χ0v) is 6.23. The van der Waals surface area contributed by atoms with Crippen LogP contribution in [0.15, 0.2) is 0 Å². The number of rotatable bonds is 0. The molecule has 2 atom stereocenters. The number of hydrogen-bond acceptors (Lipinski definition) is 0. The van der Waals surface area contributed by atoms with Crippen molar-refractivity contribution in [1.82, 2.24) is 0 Å². The van der Waals surface area contributed by atoms with E-state index in [1.165, 1.54) is 0 Å². The summed E-state index contributed by atoms with van der Waals surface area (Å²) < 4.78 is 0. The topological polar surface area (TPSA) is 0 Å². The van der Waals surface area contributed by atoms with Crippen molar-refractivity contribution in [3.63, 3.8) is 0 Å². The molecule has 0 heterocycles. The summed E-state index contributed by atoms with van der Waals surface area (Å²) in [5, 5.41) is 0. The van der Waals surface area contributed by atoms with Gasteiger partial charge in [0.25, 0.3) is 0 Å². The molecule has 1 saturated carbocycles. The molecule has 0 saturated heterocycles. The molecular weight excluding hydrogens is 96.1 g/mol. The molecular formula is C8H15. The average Bonchev–Trinajstić information content (AvgIpc) is 1.68. The summed E-state index contributed by atoms with van der Waals surface area (Å²) in [4.78, 5) is 0. The van der Waals surface area contributed by atoms with Gasteiger partial charge in [0.15, 0.2) is 0 Å². The molecule has 47 valence electrons. The van der Waals surface area contributed by atoms with E-state index in [0.29, 0.717) is 5.41 Å². The minimum atomic E-state index is 0.583. The van der Waals surface area contributed by atoms with E-state index in [1.54, 1.807) is 0 Å². The molecule has 0 aliphatic heterocycles. The molecule has 1 fully saturated rings. The summed E-state index contributed by atoms with van der Waals surface area (Å²) in [5.41, 5.74) is 0.583. The monoisotopic (exact) mass is 111 g/mol. The lowest BCUT2D eigenvalue weighted by atomic mass is 9.56. The molecule has 0 aromatic carbocycles. The quantitative estimate of drug-likeness (QED) is 0.450. The molecule has 0 nitrogen and oxygen atoms in total. The maximum absolute atomic E-state index is 2.42. The van der Waals surface area contributed by atoms with Crippen LogP contribution < -0.4 is 0 Å². The van der Waals surface area contributed by atoms with Crippen molar-refractivity contribution >= 4 is 0 Å². The molecule has 1 aliphatic carbocycles. The van der Waals surface area contributed by atoms with Crippen LogP contribution in [0.3, 0.4) is 0 Å². The highest BCUT2D eigenvalue weighted by Crippen LogP contribution is 2.49. The zero-order valence-electron chi connectivity index (χ0n) is 6.23. The molecule has 0 aromatic heterocycles. The summed E-state index contributed by atoms with van der Waals surface area (Å²) in [6, 6.07) is 0. The zero-order chi connectivity index (χ0) is 6.36. The molecule has 0 aromatic rings. The third kappa shape index (κ3) is 0.586. The fraction of sp³-hybridized carbons (Fsp3) is 0.875. The molecule has 0 N–H and O–H groups in total. The predicted octanol–water partition coefficient (Wildman–Crippen LogP) is 2.50. The van der Waals surface area contributed by atoms with Gasteiger partial charge in [0.1, 0.15) is 0 Å².